The quantitative estimate of drug-likeness (QED) is 0.343. The Balaban J connectivity index is 1.48. The highest BCUT2D eigenvalue weighted by molar-refractivity contribution is 7.93. The maximum Gasteiger partial charge on any atom is 0.262 e. The van der Waals surface area contributed by atoms with Crippen molar-refractivity contribution < 1.29 is 40.6 Å². The summed E-state index contributed by atoms with van der Waals surface area (Å²) in [4.78, 5) is 12.8. The number of rotatable bonds is 11. The van der Waals surface area contributed by atoms with Gasteiger partial charge < -0.3 is 24.3 Å². The lowest BCUT2D eigenvalue weighted by molar-refractivity contribution is -0.114. The van der Waals surface area contributed by atoms with Crippen molar-refractivity contribution in [1.82, 2.24) is 0 Å². The summed E-state index contributed by atoms with van der Waals surface area (Å²) in [5, 5.41) is 2.61. The summed E-state index contributed by atoms with van der Waals surface area (Å²) in [7, 11) is -4.92. The molecule has 0 radical (unpaired) electrons. The van der Waals surface area contributed by atoms with Crippen LogP contribution in [-0.2, 0) is 24.8 Å². The molecule has 14 heteroatoms. The van der Waals surface area contributed by atoms with Gasteiger partial charge in [-0.2, -0.15) is 0 Å². The summed E-state index contributed by atoms with van der Waals surface area (Å²) in [5.41, 5.74) is 0.752. The first-order valence-electron chi connectivity index (χ1n) is 12.1. The van der Waals surface area contributed by atoms with Crippen LogP contribution in [0.2, 0.25) is 0 Å². The predicted molar refractivity (Wildman–Crippen MR) is 150 cm³/mol. The summed E-state index contributed by atoms with van der Waals surface area (Å²) in [6.45, 7) is 1.69. The molecule has 0 saturated heterocycles. The number of carbonyl (C=O) groups excluding carboxylic acids is 1. The fraction of sp³-hybridized carbons (Fsp3) is 0.269. The minimum atomic E-state index is -3.99. The summed E-state index contributed by atoms with van der Waals surface area (Å²) >= 11 is 0. The fourth-order valence-electron chi connectivity index (χ4n) is 3.83. The molecule has 214 valence electrons. The molecule has 4 rings (SSSR count). The Kier molecular flexibility index (Phi) is 8.59. The molecule has 0 bridgehead atoms. The van der Waals surface area contributed by atoms with Crippen molar-refractivity contribution >= 4 is 43.0 Å². The highest BCUT2D eigenvalue weighted by atomic mass is 32.2. The predicted octanol–water partition coefficient (Wildman–Crippen LogP) is 3.07. The molecular formula is C26H29N3O9S2. The molecule has 1 aliphatic rings. The summed E-state index contributed by atoms with van der Waals surface area (Å²) < 4.78 is 76.4. The minimum absolute atomic E-state index is 0.0603. The molecule has 0 atom stereocenters. The Morgan fingerprint density at radius 1 is 0.900 bits per heavy atom. The number of fused-ring (bicyclic) bond motifs is 1. The zero-order chi connectivity index (χ0) is 28.9. The highest BCUT2D eigenvalue weighted by Gasteiger charge is 2.26. The zero-order valence-electron chi connectivity index (χ0n) is 22.0. The van der Waals surface area contributed by atoms with Crippen molar-refractivity contribution in [2.45, 2.75) is 11.8 Å². The summed E-state index contributed by atoms with van der Waals surface area (Å²) in [6, 6.07) is 14.7. The molecule has 0 aliphatic carbocycles. The number of sulfonamides is 2. The van der Waals surface area contributed by atoms with Crippen molar-refractivity contribution in [3.8, 4) is 23.0 Å². The van der Waals surface area contributed by atoms with E-state index in [1.54, 1.807) is 24.3 Å². The van der Waals surface area contributed by atoms with Gasteiger partial charge in [0.2, 0.25) is 15.9 Å². The molecule has 0 aromatic heterocycles. The molecule has 40 heavy (non-hydrogen) atoms. The van der Waals surface area contributed by atoms with Gasteiger partial charge in [0.15, 0.2) is 11.5 Å². The average molecular weight is 592 g/mol. The van der Waals surface area contributed by atoms with Gasteiger partial charge in [0.1, 0.15) is 31.3 Å². The second-order valence-electron chi connectivity index (χ2n) is 8.48. The molecule has 1 amide bonds. The lowest BCUT2D eigenvalue weighted by atomic mass is 10.2. The second kappa shape index (κ2) is 11.9. The number of nitrogens with one attached hydrogen (secondary N) is 2. The number of carbonyl (C=O) groups is 1. The smallest absolute Gasteiger partial charge is 0.262 e. The SMILES string of the molecule is CCS(=O)(=O)N(CC(=O)Nc1ccc(S(=O)(=O)Nc2ccc(OC)cc2OC)cc1)c1ccc2c(c1)OCCO2. The molecular weight excluding hydrogens is 562 g/mol. The third-order valence-corrected chi connectivity index (χ3v) is 9.03. The van der Waals surface area contributed by atoms with Gasteiger partial charge in [0.25, 0.3) is 10.0 Å². The van der Waals surface area contributed by atoms with Crippen LogP contribution >= 0.6 is 0 Å². The molecule has 1 heterocycles. The van der Waals surface area contributed by atoms with Crippen LogP contribution in [0.1, 0.15) is 6.92 Å². The van der Waals surface area contributed by atoms with Crippen LogP contribution in [0.3, 0.4) is 0 Å². The molecule has 3 aromatic rings. The van der Waals surface area contributed by atoms with Crippen LogP contribution in [-0.4, -0.2) is 62.5 Å². The van der Waals surface area contributed by atoms with E-state index in [1.165, 1.54) is 57.5 Å². The Morgan fingerprint density at radius 3 is 2.25 bits per heavy atom. The van der Waals surface area contributed by atoms with E-state index >= 15 is 0 Å². The third kappa shape index (κ3) is 6.51. The average Bonchev–Trinajstić information content (AvgIpc) is 2.96. The fourth-order valence-corrected chi connectivity index (χ4v) is 5.96. The van der Waals surface area contributed by atoms with E-state index in [0.717, 1.165) is 4.31 Å². The maximum absolute atomic E-state index is 12.9. The number of methoxy groups -OCH3 is 2. The van der Waals surface area contributed by atoms with Crippen LogP contribution in [0.4, 0.5) is 17.1 Å². The monoisotopic (exact) mass is 591 g/mol. The number of anilines is 3. The van der Waals surface area contributed by atoms with E-state index in [0.29, 0.717) is 30.5 Å². The Morgan fingerprint density at radius 2 is 1.60 bits per heavy atom. The number of benzene rings is 3. The number of hydrogen-bond donors (Lipinski definition) is 2. The van der Waals surface area contributed by atoms with E-state index < -0.39 is 32.5 Å². The number of ether oxygens (including phenoxy) is 4. The third-order valence-electron chi connectivity index (χ3n) is 5.90. The minimum Gasteiger partial charge on any atom is -0.497 e. The van der Waals surface area contributed by atoms with Crippen LogP contribution in [0.25, 0.3) is 0 Å². The van der Waals surface area contributed by atoms with E-state index in [4.69, 9.17) is 18.9 Å². The van der Waals surface area contributed by atoms with Crippen molar-refractivity contribution in [3.05, 3.63) is 60.7 Å². The first-order chi connectivity index (χ1) is 19.1. The van der Waals surface area contributed by atoms with Crippen LogP contribution < -0.4 is 33.3 Å². The number of amides is 1. The van der Waals surface area contributed by atoms with Crippen LogP contribution in [0, 0.1) is 0 Å². The van der Waals surface area contributed by atoms with Gasteiger partial charge in [-0.05, 0) is 55.5 Å². The standard InChI is InChI=1S/C26H29N3O9S2/c1-4-39(31,32)29(19-7-12-23-25(15-19)38-14-13-37-23)17-26(30)27-18-5-9-21(10-6-18)40(33,34)28-22-11-8-20(35-2)16-24(22)36-3/h5-12,15-16,28H,4,13-14,17H2,1-3H3,(H,27,30). The zero-order valence-corrected chi connectivity index (χ0v) is 23.7. The van der Waals surface area contributed by atoms with Gasteiger partial charge in [-0.3, -0.25) is 13.8 Å². The summed E-state index contributed by atoms with van der Waals surface area (Å²) in [6.07, 6.45) is 0. The molecule has 0 unspecified atom stereocenters. The van der Waals surface area contributed by atoms with Crippen LogP contribution in [0.15, 0.2) is 65.6 Å². The molecule has 12 nitrogen and oxygen atoms in total. The van der Waals surface area contributed by atoms with Crippen molar-refractivity contribution in [2.75, 3.05) is 54.1 Å². The second-order valence-corrected chi connectivity index (χ2v) is 12.3. The summed E-state index contributed by atoms with van der Waals surface area (Å²) in [5.74, 6) is 0.799. The normalized spacial score (nSPS) is 12.8. The lowest BCUT2D eigenvalue weighted by Crippen LogP contribution is -2.39. The van der Waals surface area contributed by atoms with Gasteiger partial charge in [-0.15, -0.1) is 0 Å². The van der Waals surface area contributed by atoms with Crippen molar-refractivity contribution in [2.24, 2.45) is 0 Å². The van der Waals surface area contributed by atoms with E-state index in [1.807, 2.05) is 0 Å². The maximum atomic E-state index is 12.9. The molecule has 3 aromatic carbocycles. The van der Waals surface area contributed by atoms with E-state index in [9.17, 15) is 21.6 Å². The van der Waals surface area contributed by atoms with Gasteiger partial charge in [0.05, 0.1) is 36.2 Å². The highest BCUT2D eigenvalue weighted by Crippen LogP contribution is 2.35. The molecule has 0 saturated carbocycles. The van der Waals surface area contributed by atoms with Gasteiger partial charge in [0, 0.05) is 17.8 Å². The lowest BCUT2D eigenvalue weighted by Gasteiger charge is -2.25. The van der Waals surface area contributed by atoms with Crippen molar-refractivity contribution in [1.29, 1.82) is 0 Å². The molecule has 1 aliphatic heterocycles. The molecule has 0 spiro atoms. The van der Waals surface area contributed by atoms with Gasteiger partial charge in [-0.1, -0.05) is 0 Å². The van der Waals surface area contributed by atoms with E-state index in [2.05, 4.69) is 10.0 Å². The Hall–Kier alpha value is -4.17. The number of nitrogens with zero attached hydrogens (tertiary/aromatic N) is 1. The van der Waals surface area contributed by atoms with E-state index in [-0.39, 0.29) is 33.5 Å². The first-order valence-corrected chi connectivity index (χ1v) is 15.2. The Labute approximate surface area is 232 Å². The Bertz CT molecular complexity index is 1590. The molecule has 2 N–H and O–H groups in total. The van der Waals surface area contributed by atoms with Gasteiger partial charge >= 0.3 is 0 Å². The largest absolute Gasteiger partial charge is 0.497 e. The first kappa shape index (κ1) is 28.8. The van der Waals surface area contributed by atoms with Crippen LogP contribution in [0.5, 0.6) is 23.0 Å². The van der Waals surface area contributed by atoms with Gasteiger partial charge in [-0.25, -0.2) is 16.8 Å². The number of hydrogen-bond acceptors (Lipinski definition) is 9. The molecule has 0 fully saturated rings. The van der Waals surface area contributed by atoms with Crippen molar-refractivity contribution in [3.63, 3.8) is 0 Å². The topological polar surface area (TPSA) is 150 Å².